The van der Waals surface area contributed by atoms with Gasteiger partial charge in [0.2, 0.25) is 5.91 Å². The predicted octanol–water partition coefficient (Wildman–Crippen LogP) is 2.46. The number of rotatable bonds is 5. The summed E-state index contributed by atoms with van der Waals surface area (Å²) in [4.78, 5) is 38.3. The molecule has 4 nitrogen and oxygen atoms in total. The maximum atomic E-state index is 12.4. The molecule has 1 amide bonds. The molecule has 0 aromatic heterocycles. The SMILES string of the molecule is CC(=O)[C@@H]1N2C(=O)[C@@H](CC(=O)Cc3ccccc3)[C@H]2SC1(C)C. The van der Waals surface area contributed by atoms with E-state index in [4.69, 9.17) is 0 Å². The largest absolute Gasteiger partial charge is 0.318 e. The first-order valence-corrected chi connectivity index (χ1v) is 8.75. The van der Waals surface area contributed by atoms with Crippen LogP contribution in [0.3, 0.4) is 0 Å². The van der Waals surface area contributed by atoms with Gasteiger partial charge in [-0.3, -0.25) is 14.4 Å². The van der Waals surface area contributed by atoms with Crippen LogP contribution in [-0.2, 0) is 20.8 Å². The van der Waals surface area contributed by atoms with Crippen LogP contribution in [0.15, 0.2) is 30.3 Å². The molecule has 0 unspecified atom stereocenters. The smallest absolute Gasteiger partial charge is 0.230 e. The zero-order chi connectivity index (χ0) is 16.8. The van der Waals surface area contributed by atoms with Gasteiger partial charge in [-0.25, -0.2) is 0 Å². The van der Waals surface area contributed by atoms with Crippen molar-refractivity contribution in [3.8, 4) is 0 Å². The van der Waals surface area contributed by atoms with Crippen molar-refractivity contribution < 1.29 is 14.4 Å². The number of benzene rings is 1. The lowest BCUT2D eigenvalue weighted by Crippen LogP contribution is -2.62. The van der Waals surface area contributed by atoms with E-state index >= 15 is 0 Å². The number of carbonyl (C=O) groups is 3. The van der Waals surface area contributed by atoms with E-state index in [1.165, 1.54) is 6.92 Å². The lowest BCUT2D eigenvalue weighted by atomic mass is 9.86. The van der Waals surface area contributed by atoms with Gasteiger partial charge in [0.25, 0.3) is 0 Å². The Morgan fingerprint density at radius 1 is 1.22 bits per heavy atom. The van der Waals surface area contributed by atoms with E-state index in [2.05, 4.69) is 0 Å². The zero-order valence-electron chi connectivity index (χ0n) is 13.6. The van der Waals surface area contributed by atoms with E-state index in [1.807, 2.05) is 44.2 Å². The third-order valence-corrected chi connectivity index (χ3v) is 6.26. The average Bonchev–Trinajstić information content (AvgIpc) is 2.74. The Labute approximate surface area is 140 Å². The van der Waals surface area contributed by atoms with E-state index in [-0.39, 0.29) is 46.0 Å². The quantitative estimate of drug-likeness (QED) is 0.778. The van der Waals surface area contributed by atoms with Crippen LogP contribution in [0.1, 0.15) is 32.8 Å². The van der Waals surface area contributed by atoms with Gasteiger partial charge in [0, 0.05) is 17.6 Å². The van der Waals surface area contributed by atoms with Gasteiger partial charge in [0.15, 0.2) is 5.78 Å². The molecule has 0 N–H and O–H groups in total. The van der Waals surface area contributed by atoms with Crippen molar-refractivity contribution >= 4 is 29.2 Å². The highest BCUT2D eigenvalue weighted by atomic mass is 32.2. The van der Waals surface area contributed by atoms with Gasteiger partial charge in [0.05, 0.1) is 11.3 Å². The fourth-order valence-corrected chi connectivity index (χ4v) is 5.44. The van der Waals surface area contributed by atoms with Crippen LogP contribution < -0.4 is 0 Å². The number of Topliss-reactive ketones (excluding diaryl/α,β-unsaturated/α-hetero) is 2. The summed E-state index contributed by atoms with van der Waals surface area (Å²) >= 11 is 1.65. The third-order valence-electron chi connectivity index (χ3n) is 4.63. The number of amides is 1. The summed E-state index contributed by atoms with van der Waals surface area (Å²) in [6, 6.07) is 9.21. The highest BCUT2D eigenvalue weighted by Gasteiger charge is 2.62. The van der Waals surface area contributed by atoms with Crippen LogP contribution in [-0.4, -0.2) is 38.5 Å². The first kappa shape index (κ1) is 16.2. The number of hydrogen-bond acceptors (Lipinski definition) is 4. The number of thioether (sulfide) groups is 1. The van der Waals surface area contributed by atoms with Crippen molar-refractivity contribution in [2.24, 2.45) is 5.92 Å². The Bertz CT molecular complexity index is 655. The molecule has 23 heavy (non-hydrogen) atoms. The molecule has 3 rings (SSSR count). The van der Waals surface area contributed by atoms with Gasteiger partial charge in [-0.15, -0.1) is 11.8 Å². The number of fused-ring (bicyclic) bond motifs is 1. The number of carbonyl (C=O) groups excluding carboxylic acids is 3. The van der Waals surface area contributed by atoms with Crippen molar-refractivity contribution in [2.75, 3.05) is 0 Å². The number of nitrogens with zero attached hydrogens (tertiary/aromatic N) is 1. The molecular weight excluding hydrogens is 310 g/mol. The van der Waals surface area contributed by atoms with Crippen LogP contribution >= 0.6 is 11.8 Å². The van der Waals surface area contributed by atoms with Crippen LogP contribution in [0.25, 0.3) is 0 Å². The molecule has 122 valence electrons. The molecule has 1 aromatic carbocycles. The lowest BCUT2D eigenvalue weighted by Gasteiger charge is -2.44. The van der Waals surface area contributed by atoms with Crippen molar-refractivity contribution in [2.45, 2.75) is 49.8 Å². The van der Waals surface area contributed by atoms with E-state index in [0.29, 0.717) is 6.42 Å². The molecule has 2 aliphatic heterocycles. The normalized spacial score (nSPS) is 28.2. The van der Waals surface area contributed by atoms with Gasteiger partial charge >= 0.3 is 0 Å². The van der Waals surface area contributed by atoms with Crippen LogP contribution in [0.2, 0.25) is 0 Å². The van der Waals surface area contributed by atoms with Crippen LogP contribution in [0.4, 0.5) is 0 Å². The Kier molecular flexibility index (Phi) is 4.08. The molecule has 2 saturated heterocycles. The number of hydrogen-bond donors (Lipinski definition) is 0. The van der Waals surface area contributed by atoms with Crippen LogP contribution in [0, 0.1) is 5.92 Å². The molecule has 5 heteroatoms. The monoisotopic (exact) mass is 331 g/mol. The second-order valence-corrected chi connectivity index (χ2v) is 8.65. The minimum atomic E-state index is -0.370. The van der Waals surface area contributed by atoms with E-state index in [0.717, 1.165) is 5.56 Å². The van der Waals surface area contributed by atoms with Crippen molar-refractivity contribution in [3.63, 3.8) is 0 Å². The highest BCUT2D eigenvalue weighted by Crippen LogP contribution is 2.54. The van der Waals surface area contributed by atoms with E-state index in [1.54, 1.807) is 16.7 Å². The fraction of sp³-hybridized carbons (Fsp3) is 0.500. The second-order valence-electron chi connectivity index (χ2n) is 6.88. The Hall–Kier alpha value is -1.62. The standard InChI is InChI=1S/C18H21NO3S/c1-11(20)15-18(2,3)23-17-14(16(22)19(15)17)10-13(21)9-12-7-5-4-6-8-12/h4-8,14-15,17H,9-10H2,1-3H3/t14-,15+,17-/m1/s1. The molecule has 3 atom stereocenters. The Balaban J connectivity index is 1.66. The van der Waals surface area contributed by atoms with E-state index in [9.17, 15) is 14.4 Å². The lowest BCUT2D eigenvalue weighted by molar-refractivity contribution is -0.158. The Morgan fingerprint density at radius 3 is 2.48 bits per heavy atom. The number of β-lactam (4-membered cyclic amide) rings is 1. The van der Waals surface area contributed by atoms with Gasteiger partial charge in [-0.2, -0.15) is 0 Å². The second kappa shape index (κ2) is 5.78. The third kappa shape index (κ3) is 2.82. The highest BCUT2D eigenvalue weighted by molar-refractivity contribution is 8.01. The molecule has 1 aromatic rings. The summed E-state index contributed by atoms with van der Waals surface area (Å²) in [5.74, 6) is -0.221. The molecule has 0 spiro atoms. The molecule has 0 bridgehead atoms. The van der Waals surface area contributed by atoms with Gasteiger partial charge in [0.1, 0.15) is 11.8 Å². The first-order chi connectivity index (χ1) is 10.8. The van der Waals surface area contributed by atoms with Crippen molar-refractivity contribution in [1.82, 2.24) is 4.90 Å². The molecule has 0 aliphatic carbocycles. The molecular formula is C18H21NO3S. The minimum absolute atomic E-state index is 0.0208. The summed E-state index contributed by atoms with van der Waals surface area (Å²) in [5, 5.41) is -0.0360. The van der Waals surface area contributed by atoms with Gasteiger partial charge in [-0.1, -0.05) is 30.3 Å². The molecule has 0 radical (unpaired) electrons. The van der Waals surface area contributed by atoms with E-state index < -0.39 is 0 Å². The summed E-state index contributed by atoms with van der Waals surface area (Å²) < 4.78 is -0.288. The van der Waals surface area contributed by atoms with Crippen molar-refractivity contribution in [3.05, 3.63) is 35.9 Å². The maximum Gasteiger partial charge on any atom is 0.230 e. The summed E-state index contributed by atoms with van der Waals surface area (Å²) in [6.07, 6.45) is 0.629. The maximum absolute atomic E-state index is 12.4. The molecule has 2 aliphatic rings. The summed E-state index contributed by atoms with van der Waals surface area (Å²) in [7, 11) is 0. The van der Waals surface area contributed by atoms with Crippen molar-refractivity contribution in [1.29, 1.82) is 0 Å². The minimum Gasteiger partial charge on any atom is -0.318 e. The number of ketones is 2. The summed E-state index contributed by atoms with van der Waals surface area (Å²) in [6.45, 7) is 5.53. The van der Waals surface area contributed by atoms with Crippen LogP contribution in [0.5, 0.6) is 0 Å². The Morgan fingerprint density at radius 2 is 1.87 bits per heavy atom. The predicted molar refractivity (Wildman–Crippen MR) is 90.0 cm³/mol. The first-order valence-electron chi connectivity index (χ1n) is 7.87. The molecule has 2 fully saturated rings. The van der Waals surface area contributed by atoms with Gasteiger partial charge < -0.3 is 4.90 Å². The summed E-state index contributed by atoms with van der Waals surface area (Å²) in [5.41, 5.74) is 0.974. The zero-order valence-corrected chi connectivity index (χ0v) is 14.4. The molecule has 0 saturated carbocycles. The fourth-order valence-electron chi connectivity index (χ4n) is 3.69. The van der Waals surface area contributed by atoms with Gasteiger partial charge in [-0.05, 0) is 26.3 Å². The topological polar surface area (TPSA) is 54.5 Å². The average molecular weight is 331 g/mol. The molecule has 2 heterocycles.